The van der Waals surface area contributed by atoms with Crippen molar-refractivity contribution >= 4 is 23.4 Å². The number of nitrogens with zero attached hydrogens (tertiary/aromatic N) is 2. The first-order chi connectivity index (χ1) is 17.8. The number of aromatic nitrogens is 1. The van der Waals surface area contributed by atoms with Gasteiger partial charge >= 0.3 is 5.97 Å². The molecule has 1 aliphatic heterocycles. The average Bonchev–Trinajstić information content (AvgIpc) is 3.17. The van der Waals surface area contributed by atoms with Gasteiger partial charge in [0.2, 0.25) is 0 Å². The molecule has 0 aliphatic carbocycles. The van der Waals surface area contributed by atoms with Gasteiger partial charge < -0.3 is 18.9 Å². The number of hydrogen-bond donors (Lipinski definition) is 0. The highest BCUT2D eigenvalue weighted by Gasteiger charge is 2.33. The summed E-state index contributed by atoms with van der Waals surface area (Å²) < 4.78 is 24.0. The van der Waals surface area contributed by atoms with Crippen LogP contribution >= 0.6 is 11.3 Å². The van der Waals surface area contributed by atoms with Crippen molar-refractivity contribution in [3.05, 3.63) is 84.5 Å². The molecule has 1 aliphatic rings. The molecular formula is C28H30N2O6S. The number of ether oxygens (including phenoxy) is 4. The zero-order valence-corrected chi connectivity index (χ0v) is 22.5. The van der Waals surface area contributed by atoms with Gasteiger partial charge in [-0.1, -0.05) is 23.5 Å². The Hall–Kier alpha value is -3.85. The van der Waals surface area contributed by atoms with Crippen LogP contribution in [0.25, 0.3) is 6.08 Å². The Balaban J connectivity index is 1.92. The van der Waals surface area contributed by atoms with Gasteiger partial charge in [0.15, 0.2) is 4.80 Å². The van der Waals surface area contributed by atoms with Crippen molar-refractivity contribution in [1.29, 1.82) is 0 Å². The Morgan fingerprint density at radius 2 is 1.81 bits per heavy atom. The molecule has 0 saturated heterocycles. The Kier molecular flexibility index (Phi) is 7.83. The molecule has 1 atom stereocenters. The van der Waals surface area contributed by atoms with Gasteiger partial charge in [0.25, 0.3) is 5.56 Å². The maximum atomic E-state index is 13.8. The van der Waals surface area contributed by atoms with Gasteiger partial charge in [0, 0.05) is 5.56 Å². The van der Waals surface area contributed by atoms with E-state index in [-0.39, 0.29) is 18.3 Å². The molecule has 0 radical (unpaired) electrons. The van der Waals surface area contributed by atoms with Crippen LogP contribution in [-0.4, -0.2) is 37.5 Å². The highest BCUT2D eigenvalue weighted by molar-refractivity contribution is 7.07. The molecule has 9 heteroatoms. The van der Waals surface area contributed by atoms with E-state index in [1.165, 1.54) is 11.3 Å². The minimum absolute atomic E-state index is 0.0226. The Labute approximate surface area is 219 Å². The van der Waals surface area contributed by atoms with E-state index in [1.807, 2.05) is 38.1 Å². The zero-order valence-electron chi connectivity index (χ0n) is 21.7. The molecule has 0 saturated carbocycles. The number of carbonyl (C=O) groups excluding carboxylic acids is 1. The van der Waals surface area contributed by atoms with Crippen molar-refractivity contribution in [2.24, 2.45) is 4.99 Å². The maximum Gasteiger partial charge on any atom is 0.338 e. The van der Waals surface area contributed by atoms with Crippen molar-refractivity contribution < 1.29 is 23.7 Å². The monoisotopic (exact) mass is 522 g/mol. The van der Waals surface area contributed by atoms with Crippen LogP contribution in [-0.2, 0) is 9.53 Å². The molecule has 0 fully saturated rings. The van der Waals surface area contributed by atoms with Crippen LogP contribution in [0.5, 0.6) is 17.2 Å². The SMILES string of the molecule is CCOC(=O)C1=C(C)N=c2s/c(=C/c3cc(OC)ccc3OC)c(=O)n2[C@@H]1c1ccc(OC(C)C)cc1. The van der Waals surface area contributed by atoms with E-state index in [0.29, 0.717) is 43.4 Å². The van der Waals surface area contributed by atoms with Crippen molar-refractivity contribution in [3.63, 3.8) is 0 Å². The number of hydrogen-bond acceptors (Lipinski definition) is 8. The summed E-state index contributed by atoms with van der Waals surface area (Å²) in [6.45, 7) is 7.63. The van der Waals surface area contributed by atoms with Crippen LogP contribution in [0, 0.1) is 0 Å². The van der Waals surface area contributed by atoms with Crippen LogP contribution < -0.4 is 29.1 Å². The third-order valence-electron chi connectivity index (χ3n) is 5.81. The molecule has 194 valence electrons. The molecule has 0 spiro atoms. The Bertz CT molecular complexity index is 1520. The van der Waals surface area contributed by atoms with Gasteiger partial charge in [-0.3, -0.25) is 9.36 Å². The summed E-state index contributed by atoms with van der Waals surface area (Å²) >= 11 is 1.25. The first kappa shape index (κ1) is 26.2. The van der Waals surface area contributed by atoms with Gasteiger partial charge in [0.1, 0.15) is 17.2 Å². The second kappa shape index (κ2) is 11.0. The van der Waals surface area contributed by atoms with Crippen molar-refractivity contribution in [3.8, 4) is 17.2 Å². The molecular weight excluding hydrogens is 492 g/mol. The lowest BCUT2D eigenvalue weighted by Gasteiger charge is -2.25. The van der Waals surface area contributed by atoms with Gasteiger partial charge in [-0.15, -0.1) is 0 Å². The van der Waals surface area contributed by atoms with E-state index in [2.05, 4.69) is 4.99 Å². The predicted octanol–water partition coefficient (Wildman–Crippen LogP) is 3.60. The fraction of sp³-hybridized carbons (Fsp3) is 0.321. The molecule has 4 rings (SSSR count). The summed E-state index contributed by atoms with van der Waals surface area (Å²) in [5.41, 5.74) is 2.02. The number of carbonyl (C=O) groups is 1. The minimum Gasteiger partial charge on any atom is -0.497 e. The van der Waals surface area contributed by atoms with Crippen molar-refractivity contribution in [2.45, 2.75) is 39.8 Å². The van der Waals surface area contributed by atoms with Crippen LogP contribution in [0.1, 0.15) is 44.9 Å². The standard InChI is InChI=1S/C28H30N2O6S/c1-7-35-27(32)24-17(4)29-28-30(25(24)18-8-10-20(11-9-18)36-16(2)3)26(31)23(37-28)15-19-14-21(33-5)12-13-22(19)34-6/h8-16,25H,7H2,1-6H3/b23-15+/t25-/m1/s1. The molecule has 1 aromatic heterocycles. The topological polar surface area (TPSA) is 88.4 Å². The second-order valence-electron chi connectivity index (χ2n) is 8.65. The summed E-state index contributed by atoms with van der Waals surface area (Å²) in [4.78, 5) is 32.0. The largest absolute Gasteiger partial charge is 0.497 e. The van der Waals surface area contributed by atoms with Crippen molar-refractivity contribution in [2.75, 3.05) is 20.8 Å². The lowest BCUT2D eigenvalue weighted by molar-refractivity contribution is -0.139. The molecule has 2 aromatic carbocycles. The van der Waals surface area contributed by atoms with Crippen LogP contribution in [0.3, 0.4) is 0 Å². The summed E-state index contributed by atoms with van der Waals surface area (Å²) in [7, 11) is 3.15. The molecule has 0 amide bonds. The first-order valence-electron chi connectivity index (χ1n) is 12.0. The molecule has 2 heterocycles. The molecule has 0 N–H and O–H groups in total. The smallest absolute Gasteiger partial charge is 0.338 e. The Morgan fingerprint density at radius 3 is 2.43 bits per heavy atom. The summed E-state index contributed by atoms with van der Waals surface area (Å²) in [6.07, 6.45) is 1.78. The fourth-order valence-electron chi connectivity index (χ4n) is 4.20. The van der Waals surface area contributed by atoms with Crippen molar-refractivity contribution in [1.82, 2.24) is 4.57 Å². The normalized spacial score (nSPS) is 15.3. The third-order valence-corrected chi connectivity index (χ3v) is 6.79. The van der Waals surface area contributed by atoms with Crippen LogP contribution in [0.2, 0.25) is 0 Å². The van der Waals surface area contributed by atoms with Crippen LogP contribution in [0.4, 0.5) is 0 Å². The number of methoxy groups -OCH3 is 2. The number of rotatable bonds is 8. The fourth-order valence-corrected chi connectivity index (χ4v) is 5.24. The summed E-state index contributed by atoms with van der Waals surface area (Å²) in [5, 5.41) is 0. The van der Waals surface area contributed by atoms with E-state index in [9.17, 15) is 9.59 Å². The second-order valence-corrected chi connectivity index (χ2v) is 9.65. The van der Waals surface area contributed by atoms with E-state index >= 15 is 0 Å². The lowest BCUT2D eigenvalue weighted by atomic mass is 9.96. The maximum absolute atomic E-state index is 13.8. The molecule has 0 bridgehead atoms. The van der Waals surface area contributed by atoms with Gasteiger partial charge in [-0.2, -0.15) is 0 Å². The number of fused-ring (bicyclic) bond motifs is 1. The lowest BCUT2D eigenvalue weighted by Crippen LogP contribution is -2.39. The quantitative estimate of drug-likeness (QED) is 0.420. The van der Waals surface area contributed by atoms with Gasteiger partial charge in [-0.05, 0) is 69.7 Å². The summed E-state index contributed by atoms with van der Waals surface area (Å²) in [6, 6.07) is 12.1. The molecule has 37 heavy (non-hydrogen) atoms. The number of allylic oxidation sites excluding steroid dienone is 1. The highest BCUT2D eigenvalue weighted by Crippen LogP contribution is 2.32. The number of benzene rings is 2. The third kappa shape index (κ3) is 5.32. The minimum atomic E-state index is -0.697. The zero-order chi connectivity index (χ0) is 26.7. The number of esters is 1. The molecule has 3 aromatic rings. The Morgan fingerprint density at radius 1 is 1.11 bits per heavy atom. The average molecular weight is 523 g/mol. The molecule has 0 unspecified atom stereocenters. The molecule has 8 nitrogen and oxygen atoms in total. The van der Waals surface area contributed by atoms with Crippen LogP contribution in [0.15, 0.2) is 63.5 Å². The highest BCUT2D eigenvalue weighted by atomic mass is 32.1. The van der Waals surface area contributed by atoms with E-state index in [1.54, 1.807) is 56.9 Å². The van der Waals surface area contributed by atoms with E-state index in [0.717, 1.165) is 5.56 Å². The predicted molar refractivity (Wildman–Crippen MR) is 142 cm³/mol. The van der Waals surface area contributed by atoms with Gasteiger partial charge in [-0.25, -0.2) is 9.79 Å². The number of thiazole rings is 1. The van der Waals surface area contributed by atoms with Gasteiger partial charge in [0.05, 0.1) is 48.8 Å². The first-order valence-corrected chi connectivity index (χ1v) is 12.8. The summed E-state index contributed by atoms with van der Waals surface area (Å²) in [5.74, 6) is 1.45. The van der Waals surface area contributed by atoms with E-state index < -0.39 is 12.0 Å². The van der Waals surface area contributed by atoms with E-state index in [4.69, 9.17) is 18.9 Å².